The van der Waals surface area contributed by atoms with Gasteiger partial charge in [-0.2, -0.15) is 5.26 Å². The molecule has 0 bridgehead atoms. The predicted molar refractivity (Wildman–Crippen MR) is 36.5 cm³/mol. The van der Waals surface area contributed by atoms with Gasteiger partial charge in [0.2, 0.25) is 0 Å². The molecule has 0 aromatic heterocycles. The third-order valence-electron chi connectivity index (χ3n) is 1.63. The van der Waals surface area contributed by atoms with Crippen LogP contribution in [0.1, 0.15) is 12.8 Å². The zero-order valence-electron chi connectivity index (χ0n) is 5.27. The van der Waals surface area contributed by atoms with Crippen molar-refractivity contribution in [3.05, 3.63) is 0 Å². The van der Waals surface area contributed by atoms with Crippen LogP contribution in [0, 0.1) is 16.7 Å². The number of nitriles is 1. The van der Waals surface area contributed by atoms with Crippen LogP contribution in [0.5, 0.6) is 0 Å². The van der Waals surface area contributed by atoms with Crippen LogP contribution in [0.25, 0.3) is 0 Å². The molecule has 0 aromatic rings. The monoisotopic (exact) mass is 141 g/mol. The van der Waals surface area contributed by atoms with Crippen LogP contribution in [-0.2, 0) is 4.79 Å². The molecule has 9 heavy (non-hydrogen) atoms. The van der Waals surface area contributed by atoms with Gasteiger partial charge in [-0.1, -0.05) is 8.58 Å². The number of hydrogen-bond donors (Lipinski definition) is 0. The van der Waals surface area contributed by atoms with Gasteiger partial charge in [-0.25, -0.2) is 0 Å². The van der Waals surface area contributed by atoms with Gasteiger partial charge in [-0.3, -0.25) is 4.79 Å². The van der Waals surface area contributed by atoms with Gasteiger partial charge in [-0.05, 0) is 19.5 Å². The first kappa shape index (κ1) is 6.71. The van der Waals surface area contributed by atoms with E-state index in [0.717, 1.165) is 12.8 Å². The van der Waals surface area contributed by atoms with Crippen molar-refractivity contribution in [2.24, 2.45) is 5.41 Å². The summed E-state index contributed by atoms with van der Waals surface area (Å²) in [5.74, 6) is 0. The summed E-state index contributed by atoms with van der Waals surface area (Å²) in [5.41, 5.74) is -0.377. The van der Waals surface area contributed by atoms with E-state index < -0.39 is 5.41 Å². The van der Waals surface area contributed by atoms with Crippen LogP contribution in [0.3, 0.4) is 0 Å². The average molecular weight is 141 g/mol. The lowest BCUT2D eigenvalue weighted by molar-refractivity contribution is -0.114. The third-order valence-corrected chi connectivity index (χ3v) is 2.56. The number of hydrogen-bond acceptors (Lipinski definition) is 2. The van der Waals surface area contributed by atoms with Gasteiger partial charge in [0.1, 0.15) is 5.41 Å². The lowest BCUT2D eigenvalue weighted by atomic mass is 10.2. The highest BCUT2D eigenvalue weighted by Crippen LogP contribution is 2.49. The molecule has 1 atom stereocenters. The molecule has 0 aromatic carbocycles. The summed E-state index contributed by atoms with van der Waals surface area (Å²) < 4.78 is 0. The van der Waals surface area contributed by atoms with E-state index in [1.165, 1.54) is 0 Å². The summed E-state index contributed by atoms with van der Waals surface area (Å²) in [6, 6.07) is 2.06. The molecule has 1 saturated carbocycles. The minimum Gasteiger partial charge on any atom is -0.293 e. The molecule has 1 unspecified atom stereocenters. The van der Waals surface area contributed by atoms with Crippen molar-refractivity contribution in [2.75, 3.05) is 6.66 Å². The predicted octanol–water partition coefficient (Wildman–Crippen LogP) is 1.13. The molecule has 0 aliphatic heterocycles. The Labute approximate surface area is 56.0 Å². The molecule has 1 aliphatic rings. The maximum absolute atomic E-state index is 10.9. The molecule has 0 heterocycles. The standard InChI is InChI=1S/C6H8NOP/c1-9-5(8)6(4-7)2-3-6/h9H,2-3H2,1H3. The Bertz CT molecular complexity index is 178. The Kier molecular flexibility index (Phi) is 1.55. The summed E-state index contributed by atoms with van der Waals surface area (Å²) in [6.45, 7) is 1.83. The molecule has 1 fully saturated rings. The lowest BCUT2D eigenvalue weighted by Gasteiger charge is -1.97. The molecule has 0 spiro atoms. The Morgan fingerprint density at radius 2 is 2.33 bits per heavy atom. The van der Waals surface area contributed by atoms with Crippen molar-refractivity contribution < 1.29 is 4.79 Å². The van der Waals surface area contributed by atoms with Gasteiger partial charge >= 0.3 is 0 Å². The van der Waals surface area contributed by atoms with E-state index in [1.807, 2.05) is 6.66 Å². The second-order valence-electron chi connectivity index (χ2n) is 2.27. The van der Waals surface area contributed by atoms with Gasteiger partial charge in [0, 0.05) is 0 Å². The average Bonchev–Trinajstić information content (AvgIpc) is 2.66. The summed E-state index contributed by atoms with van der Waals surface area (Å²) in [5, 5.41) is 8.49. The Balaban J connectivity index is 2.63. The highest BCUT2D eigenvalue weighted by molar-refractivity contribution is 7.57. The number of rotatable bonds is 2. The van der Waals surface area contributed by atoms with E-state index in [0.29, 0.717) is 8.58 Å². The molecule has 0 saturated heterocycles. The number of nitrogens with zero attached hydrogens (tertiary/aromatic N) is 1. The van der Waals surface area contributed by atoms with Gasteiger partial charge in [0.15, 0.2) is 5.52 Å². The van der Waals surface area contributed by atoms with Crippen LogP contribution >= 0.6 is 8.58 Å². The highest BCUT2D eigenvalue weighted by atomic mass is 31.1. The lowest BCUT2D eigenvalue weighted by Crippen LogP contribution is -2.06. The normalized spacial score (nSPS) is 21.8. The second kappa shape index (κ2) is 2.08. The summed E-state index contributed by atoms with van der Waals surface area (Å²) in [7, 11) is 0.291. The number of carbonyl (C=O) groups is 1. The molecular weight excluding hydrogens is 133 g/mol. The second-order valence-corrected chi connectivity index (χ2v) is 3.23. The van der Waals surface area contributed by atoms with Crippen molar-refractivity contribution in [3.63, 3.8) is 0 Å². The zero-order valence-corrected chi connectivity index (χ0v) is 6.27. The van der Waals surface area contributed by atoms with Gasteiger partial charge < -0.3 is 0 Å². The van der Waals surface area contributed by atoms with E-state index in [1.54, 1.807) is 0 Å². The molecule has 48 valence electrons. The van der Waals surface area contributed by atoms with Crippen LogP contribution in [-0.4, -0.2) is 12.2 Å². The molecule has 0 amide bonds. The topological polar surface area (TPSA) is 40.9 Å². The Hall–Kier alpha value is -0.410. The fraction of sp³-hybridized carbons (Fsp3) is 0.667. The third kappa shape index (κ3) is 0.976. The van der Waals surface area contributed by atoms with Crippen molar-refractivity contribution in [2.45, 2.75) is 12.8 Å². The molecule has 0 radical (unpaired) electrons. The largest absolute Gasteiger partial charge is 0.293 e. The molecule has 2 nitrogen and oxygen atoms in total. The first-order valence-corrected chi connectivity index (χ1v) is 4.38. The number of carbonyl (C=O) groups excluding carboxylic acids is 1. The fourth-order valence-corrected chi connectivity index (χ4v) is 1.54. The SMILES string of the molecule is CPC(=O)C1(C#N)CC1. The van der Waals surface area contributed by atoms with E-state index in [2.05, 4.69) is 6.07 Å². The van der Waals surface area contributed by atoms with E-state index in [-0.39, 0.29) is 5.52 Å². The molecular formula is C6H8NOP. The van der Waals surface area contributed by atoms with Crippen LogP contribution in [0.15, 0.2) is 0 Å². The summed E-state index contributed by atoms with van der Waals surface area (Å²) in [4.78, 5) is 10.9. The summed E-state index contributed by atoms with van der Waals surface area (Å²) >= 11 is 0. The quantitative estimate of drug-likeness (QED) is 0.541. The first-order valence-electron chi connectivity index (χ1n) is 2.88. The van der Waals surface area contributed by atoms with Crippen molar-refractivity contribution >= 4 is 14.1 Å². The molecule has 1 rings (SSSR count). The highest BCUT2D eigenvalue weighted by Gasteiger charge is 2.49. The van der Waals surface area contributed by atoms with E-state index in [4.69, 9.17) is 5.26 Å². The van der Waals surface area contributed by atoms with Gasteiger partial charge in [0.05, 0.1) is 6.07 Å². The Morgan fingerprint density at radius 3 is 2.44 bits per heavy atom. The maximum Gasteiger partial charge on any atom is 0.171 e. The van der Waals surface area contributed by atoms with Gasteiger partial charge in [-0.15, -0.1) is 0 Å². The van der Waals surface area contributed by atoms with Crippen molar-refractivity contribution in [3.8, 4) is 6.07 Å². The first-order chi connectivity index (χ1) is 4.25. The van der Waals surface area contributed by atoms with Crippen LogP contribution in [0.2, 0.25) is 0 Å². The van der Waals surface area contributed by atoms with Crippen molar-refractivity contribution in [1.82, 2.24) is 0 Å². The molecule has 0 N–H and O–H groups in total. The minimum atomic E-state index is -0.521. The fourth-order valence-electron chi connectivity index (χ4n) is 0.754. The zero-order chi connectivity index (χ0) is 6.91. The van der Waals surface area contributed by atoms with Crippen LogP contribution < -0.4 is 0 Å². The van der Waals surface area contributed by atoms with Crippen LogP contribution in [0.4, 0.5) is 0 Å². The molecule has 3 heteroatoms. The summed E-state index contributed by atoms with van der Waals surface area (Å²) in [6.07, 6.45) is 1.59. The van der Waals surface area contributed by atoms with Gasteiger partial charge in [0.25, 0.3) is 0 Å². The maximum atomic E-state index is 10.9. The minimum absolute atomic E-state index is 0.144. The Morgan fingerprint density at radius 1 is 1.78 bits per heavy atom. The van der Waals surface area contributed by atoms with E-state index >= 15 is 0 Å². The van der Waals surface area contributed by atoms with Crippen molar-refractivity contribution in [1.29, 1.82) is 5.26 Å². The molecule has 1 aliphatic carbocycles. The van der Waals surface area contributed by atoms with E-state index in [9.17, 15) is 4.79 Å². The smallest absolute Gasteiger partial charge is 0.171 e.